The van der Waals surface area contributed by atoms with E-state index in [4.69, 9.17) is 4.74 Å². The zero-order valence-corrected chi connectivity index (χ0v) is 22.9. The summed E-state index contributed by atoms with van der Waals surface area (Å²) in [7, 11) is -3.94. The van der Waals surface area contributed by atoms with Crippen LogP contribution in [0.25, 0.3) is 10.9 Å². The van der Waals surface area contributed by atoms with Crippen LogP contribution in [0.15, 0.2) is 78.0 Å². The average molecular weight is 562 g/mol. The monoisotopic (exact) mass is 561 g/mol. The van der Waals surface area contributed by atoms with Crippen molar-refractivity contribution in [2.45, 2.75) is 43.7 Å². The zero-order chi connectivity index (χ0) is 28.7. The predicted molar refractivity (Wildman–Crippen MR) is 145 cm³/mol. The van der Waals surface area contributed by atoms with Gasteiger partial charge < -0.3 is 10.1 Å². The van der Waals surface area contributed by atoms with E-state index < -0.39 is 39.6 Å². The molecule has 11 nitrogen and oxygen atoms in total. The number of imide groups is 1. The lowest BCUT2D eigenvalue weighted by atomic mass is 10.1. The molecule has 1 aliphatic heterocycles. The summed E-state index contributed by atoms with van der Waals surface area (Å²) in [5, 5.41) is 7.35. The van der Waals surface area contributed by atoms with Crippen LogP contribution in [0.1, 0.15) is 47.2 Å². The second-order valence-electron chi connectivity index (χ2n) is 10.4. The first-order valence-corrected chi connectivity index (χ1v) is 14.0. The molecule has 0 radical (unpaired) electrons. The second kappa shape index (κ2) is 10.2. The molecule has 4 aromatic rings. The number of alkyl carbamates (subject to hydrolysis) is 1. The molecule has 12 heteroatoms. The van der Waals surface area contributed by atoms with Crippen molar-refractivity contribution < 1.29 is 27.5 Å². The van der Waals surface area contributed by atoms with Gasteiger partial charge in [0.05, 0.1) is 41.0 Å². The normalized spacial score (nSPS) is 14.3. The minimum absolute atomic E-state index is 0.0895. The third-order valence-electron chi connectivity index (χ3n) is 6.20. The Labute approximate surface area is 230 Å². The van der Waals surface area contributed by atoms with Crippen LogP contribution >= 0.6 is 0 Å². The molecule has 0 bridgehead atoms. The maximum absolute atomic E-state index is 13.1. The lowest BCUT2D eigenvalue weighted by Crippen LogP contribution is -2.48. The van der Waals surface area contributed by atoms with Crippen LogP contribution < -0.4 is 5.32 Å². The highest BCUT2D eigenvalue weighted by Gasteiger charge is 2.37. The van der Waals surface area contributed by atoms with E-state index in [1.807, 2.05) is 0 Å². The molecule has 40 heavy (non-hydrogen) atoms. The van der Waals surface area contributed by atoms with E-state index in [0.717, 1.165) is 8.99 Å². The average Bonchev–Trinajstić information content (AvgIpc) is 3.43. The molecule has 1 N–H and O–H groups in total. The highest BCUT2D eigenvalue weighted by atomic mass is 32.2. The number of nitrogens with zero attached hydrogens (tertiary/aromatic N) is 4. The Morgan fingerprint density at radius 2 is 1.60 bits per heavy atom. The molecular formula is C28H27N5O6S. The Morgan fingerprint density at radius 1 is 0.975 bits per heavy atom. The Morgan fingerprint density at radius 3 is 2.23 bits per heavy atom. The molecule has 0 spiro atoms. The molecule has 0 unspecified atom stereocenters. The van der Waals surface area contributed by atoms with E-state index in [1.54, 1.807) is 69.3 Å². The Balaban J connectivity index is 1.42. The fourth-order valence-electron chi connectivity index (χ4n) is 4.46. The van der Waals surface area contributed by atoms with Crippen LogP contribution in [-0.2, 0) is 21.2 Å². The molecule has 0 fully saturated rings. The Hall–Kier alpha value is -4.58. The number of fused-ring (bicyclic) bond motifs is 2. The van der Waals surface area contributed by atoms with Gasteiger partial charge in [-0.05, 0) is 51.1 Å². The van der Waals surface area contributed by atoms with Crippen LogP contribution in [0.2, 0.25) is 0 Å². The van der Waals surface area contributed by atoms with Crippen molar-refractivity contribution in [2.24, 2.45) is 0 Å². The van der Waals surface area contributed by atoms with Crippen LogP contribution in [-0.4, -0.2) is 63.6 Å². The summed E-state index contributed by atoms with van der Waals surface area (Å²) in [6.07, 6.45) is 2.22. The molecule has 2 aromatic heterocycles. The lowest BCUT2D eigenvalue weighted by Gasteiger charge is -2.26. The standard InChI is InChI=1S/C28H27N5O6S/c1-28(2,3)39-27(36)31-20(17-32-25(34)22-11-7-8-12-23(22)26(32)35)14-19-13-18-15-30-33(24(18)16-29-19)40(37,38)21-9-5-4-6-10-21/h4-13,15-16,20H,14,17H2,1-3H3,(H,31,36)/t20-/m0/s1. The number of carbonyl (C=O) groups excluding carboxylic acids is 3. The third kappa shape index (κ3) is 5.30. The summed E-state index contributed by atoms with van der Waals surface area (Å²) in [6, 6.07) is 15.4. The third-order valence-corrected chi connectivity index (χ3v) is 7.82. The summed E-state index contributed by atoms with van der Waals surface area (Å²) in [6.45, 7) is 5.06. The maximum atomic E-state index is 13.1. The van der Waals surface area contributed by atoms with Gasteiger partial charge in [-0.15, -0.1) is 0 Å². The number of nitrogens with one attached hydrogen (secondary N) is 1. The van der Waals surface area contributed by atoms with E-state index in [1.165, 1.54) is 24.5 Å². The van der Waals surface area contributed by atoms with Crippen molar-refractivity contribution >= 4 is 38.8 Å². The molecule has 0 saturated heterocycles. The highest BCUT2D eigenvalue weighted by Crippen LogP contribution is 2.24. The summed E-state index contributed by atoms with van der Waals surface area (Å²) in [5.74, 6) is -0.903. The molecule has 0 saturated carbocycles. The van der Waals surface area contributed by atoms with Gasteiger partial charge >= 0.3 is 6.09 Å². The van der Waals surface area contributed by atoms with Gasteiger partial charge in [0.15, 0.2) is 0 Å². The van der Waals surface area contributed by atoms with Crippen molar-refractivity contribution in [1.82, 2.24) is 24.4 Å². The maximum Gasteiger partial charge on any atom is 0.407 e. The first kappa shape index (κ1) is 27.0. The smallest absolute Gasteiger partial charge is 0.407 e. The van der Waals surface area contributed by atoms with Gasteiger partial charge in [0.25, 0.3) is 21.8 Å². The molecule has 1 atom stereocenters. The Bertz CT molecular complexity index is 1690. The minimum Gasteiger partial charge on any atom is -0.444 e. The predicted octanol–water partition coefficient (Wildman–Crippen LogP) is 3.40. The number of pyridine rings is 1. The fourth-order valence-corrected chi connectivity index (χ4v) is 5.74. The van der Waals surface area contributed by atoms with Gasteiger partial charge in [0, 0.05) is 17.5 Å². The van der Waals surface area contributed by atoms with Crippen molar-refractivity contribution in [2.75, 3.05) is 6.54 Å². The van der Waals surface area contributed by atoms with Crippen molar-refractivity contribution in [1.29, 1.82) is 0 Å². The van der Waals surface area contributed by atoms with Crippen molar-refractivity contribution in [3.8, 4) is 0 Å². The lowest BCUT2D eigenvalue weighted by molar-refractivity contribution is 0.0467. The first-order chi connectivity index (χ1) is 18.9. The van der Waals surface area contributed by atoms with E-state index in [2.05, 4.69) is 15.4 Å². The van der Waals surface area contributed by atoms with Gasteiger partial charge in [-0.3, -0.25) is 19.5 Å². The van der Waals surface area contributed by atoms with Gasteiger partial charge in [0.1, 0.15) is 11.1 Å². The first-order valence-electron chi connectivity index (χ1n) is 12.5. The van der Waals surface area contributed by atoms with E-state index in [-0.39, 0.29) is 23.4 Å². The highest BCUT2D eigenvalue weighted by molar-refractivity contribution is 7.90. The molecule has 3 heterocycles. The molecule has 3 amide bonds. The van der Waals surface area contributed by atoms with Gasteiger partial charge in [-0.2, -0.15) is 17.6 Å². The van der Waals surface area contributed by atoms with Crippen LogP contribution in [0.4, 0.5) is 4.79 Å². The number of benzene rings is 2. The van der Waals surface area contributed by atoms with E-state index in [0.29, 0.717) is 22.2 Å². The van der Waals surface area contributed by atoms with Crippen molar-refractivity contribution in [3.05, 3.63) is 89.9 Å². The molecule has 5 rings (SSSR count). The van der Waals surface area contributed by atoms with E-state index in [9.17, 15) is 22.8 Å². The zero-order valence-electron chi connectivity index (χ0n) is 22.1. The number of amides is 3. The summed E-state index contributed by atoms with van der Waals surface area (Å²) >= 11 is 0. The number of carbonyl (C=O) groups is 3. The molecule has 1 aliphatic rings. The van der Waals surface area contributed by atoms with E-state index >= 15 is 0 Å². The number of ether oxygens (including phenoxy) is 1. The number of hydrogen-bond donors (Lipinski definition) is 1. The summed E-state index contributed by atoms with van der Waals surface area (Å²) in [5.41, 5.74) is 0.608. The molecule has 0 aliphatic carbocycles. The topological polar surface area (TPSA) is 141 Å². The summed E-state index contributed by atoms with van der Waals surface area (Å²) < 4.78 is 32.5. The molecule has 2 aromatic carbocycles. The van der Waals surface area contributed by atoms with Gasteiger partial charge in [0.2, 0.25) is 0 Å². The number of rotatable bonds is 7. The van der Waals surface area contributed by atoms with Crippen LogP contribution in [0.3, 0.4) is 0 Å². The Kier molecular flexibility index (Phi) is 6.88. The quantitative estimate of drug-likeness (QED) is 0.339. The number of aromatic nitrogens is 3. The fraction of sp³-hybridized carbons (Fsp3) is 0.250. The number of hydrogen-bond acceptors (Lipinski definition) is 8. The SMILES string of the molecule is CC(C)(C)OC(=O)N[C@@H](Cc1cc2cnn(S(=O)(=O)c3ccccc3)c2cn1)CN1C(=O)c2ccccc2C1=O. The largest absolute Gasteiger partial charge is 0.444 e. The van der Waals surface area contributed by atoms with Gasteiger partial charge in [-0.25, -0.2) is 4.79 Å². The van der Waals surface area contributed by atoms with Crippen LogP contribution in [0.5, 0.6) is 0 Å². The van der Waals surface area contributed by atoms with Gasteiger partial charge in [-0.1, -0.05) is 30.3 Å². The van der Waals surface area contributed by atoms with Crippen LogP contribution in [0, 0.1) is 0 Å². The van der Waals surface area contributed by atoms with Crippen molar-refractivity contribution in [3.63, 3.8) is 0 Å². The molecule has 206 valence electrons. The second-order valence-corrected chi connectivity index (χ2v) is 12.1. The minimum atomic E-state index is -3.94. The summed E-state index contributed by atoms with van der Waals surface area (Å²) in [4.78, 5) is 44.2. The molecular weight excluding hydrogens is 534 g/mol.